The van der Waals surface area contributed by atoms with Crippen LogP contribution in [0.5, 0.6) is 0 Å². The molecule has 0 bridgehead atoms. The van der Waals surface area contributed by atoms with Crippen molar-refractivity contribution in [3.63, 3.8) is 0 Å². The molecule has 48 valence electrons. The quantitative estimate of drug-likeness (QED) is 0.340. The Morgan fingerprint density at radius 3 is 3.22 bits per heavy atom. The Kier molecular flexibility index (Phi) is 2.35. The van der Waals surface area contributed by atoms with Crippen LogP contribution < -0.4 is 0 Å². The van der Waals surface area contributed by atoms with Crippen LogP contribution in [0.15, 0.2) is 29.5 Å². The van der Waals surface area contributed by atoms with Crippen LogP contribution in [-0.2, 0) is 0 Å². The van der Waals surface area contributed by atoms with Gasteiger partial charge < -0.3 is 0 Å². The second-order valence-corrected chi connectivity index (χ2v) is 2.40. The molecule has 0 saturated heterocycles. The van der Waals surface area contributed by atoms with Crippen LogP contribution in [0.25, 0.3) is 0 Å². The first-order valence-corrected chi connectivity index (χ1v) is 3.44. The van der Waals surface area contributed by atoms with E-state index in [1.807, 2.05) is 0 Å². The molecule has 0 heteroatoms. The van der Waals surface area contributed by atoms with E-state index in [4.69, 9.17) is 0 Å². The lowest BCUT2D eigenvalue weighted by atomic mass is 10.1. The molecular formula is C9H12. The lowest BCUT2D eigenvalue weighted by Crippen LogP contribution is -1.76. The van der Waals surface area contributed by atoms with Gasteiger partial charge >= 0.3 is 0 Å². The van der Waals surface area contributed by atoms with Gasteiger partial charge in [-0.05, 0) is 38.3 Å². The molecule has 0 fully saturated rings. The molecule has 0 amide bonds. The van der Waals surface area contributed by atoms with Gasteiger partial charge in [0.25, 0.3) is 0 Å². The summed E-state index contributed by atoms with van der Waals surface area (Å²) in [4.78, 5) is 0. The van der Waals surface area contributed by atoms with E-state index in [9.17, 15) is 0 Å². The van der Waals surface area contributed by atoms with Gasteiger partial charge in [-0.25, -0.2) is 0 Å². The van der Waals surface area contributed by atoms with Crippen LogP contribution in [0.3, 0.4) is 0 Å². The van der Waals surface area contributed by atoms with Gasteiger partial charge in [-0.2, -0.15) is 0 Å². The minimum Gasteiger partial charge on any atom is -0.129 e. The highest BCUT2D eigenvalue weighted by atomic mass is 13.9. The van der Waals surface area contributed by atoms with Crippen molar-refractivity contribution >= 4 is 0 Å². The van der Waals surface area contributed by atoms with Crippen molar-refractivity contribution in [3.05, 3.63) is 29.5 Å². The molecule has 0 saturated carbocycles. The third-order valence-electron chi connectivity index (χ3n) is 1.50. The van der Waals surface area contributed by atoms with Crippen molar-refractivity contribution < 1.29 is 0 Å². The number of hydrogen-bond acceptors (Lipinski definition) is 0. The molecule has 0 unspecified atom stereocenters. The molecule has 0 nitrogen and oxygen atoms in total. The Balaban J connectivity index is 2.59. The topological polar surface area (TPSA) is 0 Å². The molecular weight excluding hydrogens is 108 g/mol. The Morgan fingerprint density at radius 2 is 2.33 bits per heavy atom. The molecule has 1 aliphatic rings. The maximum Gasteiger partial charge on any atom is -0.00905 e. The van der Waals surface area contributed by atoms with Crippen molar-refractivity contribution in [3.8, 4) is 0 Å². The normalized spacial score (nSPS) is 18.6. The second-order valence-electron chi connectivity index (χ2n) is 2.40. The maximum atomic E-state index is 3.11. The molecule has 1 aliphatic carbocycles. The predicted molar refractivity (Wildman–Crippen MR) is 40.3 cm³/mol. The highest BCUT2D eigenvalue weighted by molar-refractivity contribution is 5.05. The average molecular weight is 120 g/mol. The summed E-state index contributed by atoms with van der Waals surface area (Å²) in [7, 11) is 0. The molecule has 9 heavy (non-hydrogen) atoms. The molecule has 0 aromatic carbocycles. The van der Waals surface area contributed by atoms with Gasteiger partial charge in [-0.3, -0.25) is 0 Å². The second kappa shape index (κ2) is 3.32. The Labute approximate surface area is 56.6 Å². The van der Waals surface area contributed by atoms with Gasteiger partial charge in [0.2, 0.25) is 0 Å². The van der Waals surface area contributed by atoms with Crippen molar-refractivity contribution in [2.45, 2.75) is 26.2 Å². The third kappa shape index (κ3) is 2.34. The summed E-state index contributed by atoms with van der Waals surface area (Å²) in [6.07, 6.45) is 9.86. The number of hydrogen-bond donors (Lipinski definition) is 0. The predicted octanol–water partition coefficient (Wildman–Crippen LogP) is 2.83. The first kappa shape index (κ1) is 6.38. The summed E-state index contributed by atoms with van der Waals surface area (Å²) in [6, 6.07) is 0. The molecule has 0 aromatic heterocycles. The van der Waals surface area contributed by atoms with Crippen LogP contribution >= 0.6 is 0 Å². The summed E-state index contributed by atoms with van der Waals surface area (Å²) in [5.41, 5.74) is 4.62. The van der Waals surface area contributed by atoms with E-state index in [-0.39, 0.29) is 0 Å². The summed E-state index contributed by atoms with van der Waals surface area (Å²) >= 11 is 0. The minimum absolute atomic E-state index is 1.06. The van der Waals surface area contributed by atoms with E-state index in [1.165, 1.54) is 12.0 Å². The van der Waals surface area contributed by atoms with Crippen molar-refractivity contribution in [1.82, 2.24) is 0 Å². The Morgan fingerprint density at radius 1 is 1.44 bits per heavy atom. The molecule has 0 spiro atoms. The highest BCUT2D eigenvalue weighted by Gasteiger charge is 1.87. The lowest BCUT2D eigenvalue weighted by Gasteiger charge is -1.96. The summed E-state index contributed by atoms with van der Waals surface area (Å²) in [5.74, 6) is 0. The zero-order valence-electron chi connectivity index (χ0n) is 5.85. The fourth-order valence-corrected chi connectivity index (χ4v) is 0.897. The minimum atomic E-state index is 1.06. The van der Waals surface area contributed by atoms with Gasteiger partial charge in [0.1, 0.15) is 0 Å². The van der Waals surface area contributed by atoms with E-state index in [1.54, 1.807) is 0 Å². The smallest absolute Gasteiger partial charge is 0.00905 e. The molecule has 0 aliphatic heterocycles. The standard InChI is InChI=1S/C9H12/c1-9-7-5-3-2-4-6-8-9/h3-4,7H,5-6,8H2,1H3. The molecule has 0 atom stereocenters. The van der Waals surface area contributed by atoms with E-state index in [0.29, 0.717) is 0 Å². The van der Waals surface area contributed by atoms with Crippen molar-refractivity contribution in [1.29, 1.82) is 0 Å². The van der Waals surface area contributed by atoms with Gasteiger partial charge in [0.05, 0.1) is 0 Å². The van der Waals surface area contributed by atoms with Gasteiger partial charge in [-0.15, -0.1) is 5.73 Å². The monoisotopic (exact) mass is 120 g/mol. The zero-order valence-corrected chi connectivity index (χ0v) is 5.85. The lowest BCUT2D eigenvalue weighted by molar-refractivity contribution is 0.963. The van der Waals surface area contributed by atoms with E-state index < -0.39 is 0 Å². The Bertz CT molecular complexity index is 166. The molecule has 1 rings (SSSR count). The van der Waals surface area contributed by atoms with Crippen LogP contribution in [0, 0.1) is 0 Å². The fourth-order valence-electron chi connectivity index (χ4n) is 0.897. The van der Waals surface area contributed by atoms with Crippen molar-refractivity contribution in [2.75, 3.05) is 0 Å². The number of allylic oxidation sites excluding steroid dienone is 3. The highest BCUT2D eigenvalue weighted by Crippen LogP contribution is 2.07. The maximum absolute atomic E-state index is 3.11. The SMILES string of the molecule is CC1=CCC=C=CCC1. The largest absolute Gasteiger partial charge is 0.129 e. The molecule has 0 N–H and O–H groups in total. The summed E-state index contributed by atoms with van der Waals surface area (Å²) in [5, 5.41) is 0. The van der Waals surface area contributed by atoms with Gasteiger partial charge in [0, 0.05) is 0 Å². The zero-order chi connectivity index (χ0) is 6.53. The van der Waals surface area contributed by atoms with Crippen LogP contribution in [0.2, 0.25) is 0 Å². The van der Waals surface area contributed by atoms with Gasteiger partial charge in [0.15, 0.2) is 0 Å². The molecule has 0 heterocycles. The first-order chi connectivity index (χ1) is 4.39. The average Bonchev–Trinajstić information content (AvgIpc) is 1.79. The van der Waals surface area contributed by atoms with Crippen LogP contribution in [0.1, 0.15) is 26.2 Å². The van der Waals surface area contributed by atoms with Crippen LogP contribution in [0.4, 0.5) is 0 Å². The summed E-state index contributed by atoms with van der Waals surface area (Å²) in [6.45, 7) is 2.19. The van der Waals surface area contributed by atoms with Gasteiger partial charge in [-0.1, -0.05) is 11.6 Å². The number of rotatable bonds is 0. The molecule has 0 radical (unpaired) electrons. The summed E-state index contributed by atoms with van der Waals surface area (Å²) < 4.78 is 0. The Hall–Kier alpha value is -0.740. The fraction of sp³-hybridized carbons (Fsp3) is 0.444. The van der Waals surface area contributed by atoms with E-state index in [2.05, 4.69) is 30.9 Å². The van der Waals surface area contributed by atoms with Crippen LogP contribution in [-0.4, -0.2) is 0 Å². The van der Waals surface area contributed by atoms with E-state index in [0.717, 1.165) is 12.8 Å². The first-order valence-electron chi connectivity index (χ1n) is 3.44. The van der Waals surface area contributed by atoms with E-state index >= 15 is 0 Å². The third-order valence-corrected chi connectivity index (χ3v) is 1.50. The molecule has 0 aromatic rings. The van der Waals surface area contributed by atoms with Crippen molar-refractivity contribution in [2.24, 2.45) is 0 Å².